The lowest BCUT2D eigenvalue weighted by atomic mass is 10.1. The van der Waals surface area contributed by atoms with E-state index in [9.17, 15) is 4.79 Å². The second-order valence-electron chi connectivity index (χ2n) is 4.93. The Balaban J connectivity index is 2.08. The molecule has 110 valence electrons. The van der Waals surface area contributed by atoms with E-state index in [0.29, 0.717) is 5.02 Å². The number of nitrogens with zero attached hydrogens (tertiary/aromatic N) is 2. The minimum atomic E-state index is -0.499. The average molecular weight is 298 g/mol. The number of esters is 1. The van der Waals surface area contributed by atoms with Crippen LogP contribution in [0, 0.1) is 0 Å². The molecule has 1 heterocycles. The number of carbonyl (C=O) groups excluding carboxylic acids is 1. The molecule has 1 atom stereocenters. The molecular formula is C14H20ClN3O2. The van der Waals surface area contributed by atoms with Crippen LogP contribution >= 0.6 is 11.6 Å². The van der Waals surface area contributed by atoms with Crippen molar-refractivity contribution in [2.24, 2.45) is 0 Å². The largest absolute Gasteiger partial charge is 0.468 e. The van der Waals surface area contributed by atoms with E-state index in [1.165, 1.54) is 7.11 Å². The first-order valence-corrected chi connectivity index (χ1v) is 7.01. The molecule has 0 aliphatic carbocycles. The summed E-state index contributed by atoms with van der Waals surface area (Å²) in [6.07, 6.45) is 0. The fourth-order valence-corrected chi connectivity index (χ4v) is 2.28. The zero-order valence-electron chi connectivity index (χ0n) is 11.8. The molecule has 1 fully saturated rings. The zero-order chi connectivity index (χ0) is 14.5. The van der Waals surface area contributed by atoms with Crippen molar-refractivity contribution >= 4 is 17.6 Å². The molecule has 2 rings (SSSR count). The Kier molecular flexibility index (Phi) is 5.37. The molecule has 1 aliphatic rings. The molecule has 1 saturated heterocycles. The summed E-state index contributed by atoms with van der Waals surface area (Å²) in [6, 6.07) is 6.73. The Morgan fingerprint density at radius 2 is 1.85 bits per heavy atom. The van der Waals surface area contributed by atoms with Gasteiger partial charge in [-0.3, -0.25) is 0 Å². The predicted octanol–water partition coefficient (Wildman–Crippen LogP) is 1.31. The van der Waals surface area contributed by atoms with Crippen molar-refractivity contribution in [2.75, 3.05) is 40.3 Å². The smallest absolute Gasteiger partial charge is 0.328 e. The second kappa shape index (κ2) is 7.04. The Hall–Kier alpha value is -1.14. The maximum absolute atomic E-state index is 12.0. The highest BCUT2D eigenvalue weighted by atomic mass is 35.5. The predicted molar refractivity (Wildman–Crippen MR) is 78.4 cm³/mol. The summed E-state index contributed by atoms with van der Waals surface area (Å²) in [5, 5.41) is 2.72. The van der Waals surface area contributed by atoms with Gasteiger partial charge in [0.05, 0.1) is 7.11 Å². The van der Waals surface area contributed by atoms with Crippen LogP contribution in [0.3, 0.4) is 0 Å². The van der Waals surface area contributed by atoms with Crippen LogP contribution in [0.4, 0.5) is 0 Å². The van der Waals surface area contributed by atoms with E-state index in [-0.39, 0.29) is 5.97 Å². The summed E-state index contributed by atoms with van der Waals surface area (Å²) in [4.78, 5) is 14.2. The van der Waals surface area contributed by atoms with Gasteiger partial charge in [0, 0.05) is 31.2 Å². The molecule has 0 bridgehead atoms. The molecule has 0 spiro atoms. The van der Waals surface area contributed by atoms with Crippen molar-refractivity contribution in [3.63, 3.8) is 0 Å². The van der Waals surface area contributed by atoms with Crippen LogP contribution in [0.1, 0.15) is 11.6 Å². The van der Waals surface area contributed by atoms with Gasteiger partial charge in [-0.1, -0.05) is 23.7 Å². The van der Waals surface area contributed by atoms with Gasteiger partial charge in [-0.25, -0.2) is 15.2 Å². The molecule has 1 aromatic rings. The third kappa shape index (κ3) is 3.93. The van der Waals surface area contributed by atoms with E-state index in [4.69, 9.17) is 16.3 Å². The van der Waals surface area contributed by atoms with E-state index in [2.05, 4.69) is 22.4 Å². The zero-order valence-corrected chi connectivity index (χ0v) is 12.6. The normalized spacial score (nSPS) is 18.8. The highest BCUT2D eigenvalue weighted by Crippen LogP contribution is 2.18. The molecule has 0 saturated carbocycles. The first-order valence-electron chi connectivity index (χ1n) is 6.63. The molecule has 5 nitrogen and oxygen atoms in total. The van der Waals surface area contributed by atoms with Crippen LogP contribution in [0.2, 0.25) is 5.02 Å². The van der Waals surface area contributed by atoms with Crippen molar-refractivity contribution < 1.29 is 9.53 Å². The lowest BCUT2D eigenvalue weighted by Crippen LogP contribution is -2.52. The minimum absolute atomic E-state index is 0.300. The molecule has 1 N–H and O–H groups in total. The van der Waals surface area contributed by atoms with Gasteiger partial charge >= 0.3 is 5.97 Å². The first-order chi connectivity index (χ1) is 9.60. The number of hydrazine groups is 1. The van der Waals surface area contributed by atoms with Crippen LogP contribution in [-0.4, -0.2) is 56.2 Å². The summed E-state index contributed by atoms with van der Waals surface area (Å²) in [5.74, 6) is -0.300. The third-order valence-corrected chi connectivity index (χ3v) is 3.71. The number of ether oxygens (including phenoxy) is 1. The van der Waals surface area contributed by atoms with Crippen molar-refractivity contribution in [1.82, 2.24) is 15.3 Å². The van der Waals surface area contributed by atoms with Crippen molar-refractivity contribution in [1.29, 1.82) is 0 Å². The Labute approximate surface area is 124 Å². The second-order valence-corrected chi connectivity index (χ2v) is 5.36. The summed E-state index contributed by atoms with van der Waals surface area (Å²) in [5.41, 5.74) is 4.10. The van der Waals surface area contributed by atoms with E-state index in [0.717, 1.165) is 31.7 Å². The third-order valence-electron chi connectivity index (χ3n) is 3.46. The Morgan fingerprint density at radius 1 is 1.25 bits per heavy atom. The van der Waals surface area contributed by atoms with Gasteiger partial charge in [-0.05, 0) is 24.7 Å². The van der Waals surface area contributed by atoms with E-state index >= 15 is 0 Å². The van der Waals surface area contributed by atoms with Gasteiger partial charge in [0.15, 0.2) is 0 Å². The number of carbonyl (C=O) groups is 1. The van der Waals surface area contributed by atoms with Crippen LogP contribution in [0.5, 0.6) is 0 Å². The van der Waals surface area contributed by atoms with Gasteiger partial charge in [-0.2, -0.15) is 0 Å². The number of rotatable bonds is 4. The molecule has 0 amide bonds. The van der Waals surface area contributed by atoms with Crippen molar-refractivity contribution in [3.8, 4) is 0 Å². The lowest BCUT2D eigenvalue weighted by Gasteiger charge is -2.34. The number of nitrogens with one attached hydrogen (secondary N) is 1. The lowest BCUT2D eigenvalue weighted by molar-refractivity contribution is -0.145. The highest BCUT2D eigenvalue weighted by Gasteiger charge is 2.25. The van der Waals surface area contributed by atoms with Gasteiger partial charge < -0.3 is 9.64 Å². The monoisotopic (exact) mass is 297 g/mol. The van der Waals surface area contributed by atoms with E-state index < -0.39 is 6.04 Å². The molecular weight excluding hydrogens is 278 g/mol. The number of piperazine rings is 1. The molecule has 0 aromatic heterocycles. The summed E-state index contributed by atoms with van der Waals surface area (Å²) in [6.45, 7) is 3.69. The number of methoxy groups -OCH3 is 1. The minimum Gasteiger partial charge on any atom is -0.468 e. The summed E-state index contributed by atoms with van der Waals surface area (Å²) in [7, 11) is 3.49. The number of hydrogen-bond acceptors (Lipinski definition) is 5. The number of hydrogen-bond donors (Lipinski definition) is 1. The number of likely N-dealkylation sites (N-methyl/N-ethyl adjacent to an activating group) is 1. The van der Waals surface area contributed by atoms with Crippen LogP contribution in [-0.2, 0) is 9.53 Å². The standard InChI is InChI=1S/C14H20ClN3O2/c1-17-7-9-18(10-8-17)16-13(14(19)20-2)11-3-5-12(15)6-4-11/h3-6,13,16H,7-10H2,1-2H3. The summed E-state index contributed by atoms with van der Waals surface area (Å²) >= 11 is 5.89. The molecule has 1 aliphatic heterocycles. The van der Waals surface area contributed by atoms with Crippen LogP contribution < -0.4 is 5.43 Å². The molecule has 6 heteroatoms. The number of halogens is 1. The molecule has 1 unspecified atom stereocenters. The summed E-state index contributed by atoms with van der Waals surface area (Å²) < 4.78 is 4.89. The molecule has 20 heavy (non-hydrogen) atoms. The average Bonchev–Trinajstić information content (AvgIpc) is 2.47. The van der Waals surface area contributed by atoms with E-state index in [1.54, 1.807) is 12.1 Å². The fourth-order valence-electron chi connectivity index (χ4n) is 2.15. The fraction of sp³-hybridized carbons (Fsp3) is 0.500. The van der Waals surface area contributed by atoms with Crippen LogP contribution in [0.15, 0.2) is 24.3 Å². The van der Waals surface area contributed by atoms with Gasteiger partial charge in [0.25, 0.3) is 0 Å². The van der Waals surface area contributed by atoms with E-state index in [1.807, 2.05) is 12.1 Å². The molecule has 1 aromatic carbocycles. The maximum Gasteiger partial charge on any atom is 0.328 e. The maximum atomic E-state index is 12.0. The quantitative estimate of drug-likeness (QED) is 0.849. The SMILES string of the molecule is COC(=O)C(NN1CCN(C)CC1)c1ccc(Cl)cc1. The van der Waals surface area contributed by atoms with Crippen molar-refractivity contribution in [3.05, 3.63) is 34.9 Å². The van der Waals surface area contributed by atoms with Crippen molar-refractivity contribution in [2.45, 2.75) is 6.04 Å². The molecule has 0 radical (unpaired) electrons. The topological polar surface area (TPSA) is 44.8 Å². The Bertz CT molecular complexity index is 444. The van der Waals surface area contributed by atoms with Crippen LogP contribution in [0.25, 0.3) is 0 Å². The van der Waals surface area contributed by atoms with Gasteiger partial charge in [0.2, 0.25) is 0 Å². The first kappa shape index (κ1) is 15.3. The highest BCUT2D eigenvalue weighted by molar-refractivity contribution is 6.30. The van der Waals surface area contributed by atoms with Gasteiger partial charge in [0.1, 0.15) is 6.04 Å². The number of benzene rings is 1. The Morgan fingerprint density at radius 3 is 2.40 bits per heavy atom. The van der Waals surface area contributed by atoms with Gasteiger partial charge in [-0.15, -0.1) is 0 Å².